The van der Waals surface area contributed by atoms with Gasteiger partial charge in [0.1, 0.15) is 16.9 Å². The maximum absolute atomic E-state index is 11.2. The van der Waals surface area contributed by atoms with Gasteiger partial charge in [-0.25, -0.2) is 4.79 Å². The van der Waals surface area contributed by atoms with Crippen LogP contribution < -0.4 is 0 Å². The van der Waals surface area contributed by atoms with Gasteiger partial charge in [-0.05, 0) is 18.2 Å². The van der Waals surface area contributed by atoms with Crippen LogP contribution in [0.25, 0.3) is 11.0 Å². The first-order valence-electron chi connectivity index (χ1n) is 4.01. The second-order valence-electron chi connectivity index (χ2n) is 2.79. The number of phenolic OH excluding ortho intramolecular Hbond substituents is 1. The molecule has 1 aromatic carbocycles. The summed E-state index contributed by atoms with van der Waals surface area (Å²) in [7, 11) is 1.27. The van der Waals surface area contributed by atoms with Crippen LogP contribution in [0.15, 0.2) is 28.9 Å². The molecule has 2 rings (SSSR count). The second kappa shape index (κ2) is 3.06. The average Bonchev–Trinajstić information content (AvgIpc) is 2.66. The number of hydrogen-bond acceptors (Lipinski definition) is 4. The van der Waals surface area contributed by atoms with Gasteiger partial charge < -0.3 is 14.3 Å². The van der Waals surface area contributed by atoms with E-state index >= 15 is 0 Å². The first-order valence-corrected chi connectivity index (χ1v) is 4.01. The number of hydrogen-bond donors (Lipinski definition) is 1. The number of carbonyl (C=O) groups is 1. The average molecular weight is 192 g/mol. The summed E-state index contributed by atoms with van der Waals surface area (Å²) in [5.74, 6) is -0.672. The molecule has 0 spiro atoms. The van der Waals surface area contributed by atoms with E-state index in [1.54, 1.807) is 12.1 Å². The predicted molar refractivity (Wildman–Crippen MR) is 49.2 cm³/mol. The Kier molecular flexibility index (Phi) is 1.89. The highest BCUT2D eigenvalue weighted by molar-refractivity contribution is 5.99. The first kappa shape index (κ1) is 8.62. The molecule has 0 bridgehead atoms. The Balaban J connectivity index is 2.67. The highest BCUT2D eigenvalue weighted by atomic mass is 16.5. The van der Waals surface area contributed by atoms with E-state index in [0.29, 0.717) is 11.0 Å². The van der Waals surface area contributed by atoms with Crippen molar-refractivity contribution in [2.75, 3.05) is 7.11 Å². The number of fused-ring (bicyclic) bond motifs is 1. The zero-order valence-electron chi connectivity index (χ0n) is 7.48. The molecule has 2 aromatic rings. The van der Waals surface area contributed by atoms with Gasteiger partial charge in [0.05, 0.1) is 18.8 Å². The zero-order valence-corrected chi connectivity index (χ0v) is 7.48. The Morgan fingerprint density at radius 2 is 2.21 bits per heavy atom. The number of aromatic hydroxyl groups is 1. The topological polar surface area (TPSA) is 59.7 Å². The molecule has 0 fully saturated rings. The van der Waals surface area contributed by atoms with Crippen LogP contribution in [0.1, 0.15) is 10.4 Å². The van der Waals surface area contributed by atoms with E-state index in [4.69, 9.17) is 4.42 Å². The maximum Gasteiger partial charge on any atom is 0.341 e. The van der Waals surface area contributed by atoms with Crippen LogP contribution in [0, 0.1) is 0 Å². The molecular formula is C10H8O4. The Bertz CT molecular complexity index is 484. The molecule has 4 heteroatoms. The fourth-order valence-corrected chi connectivity index (χ4v) is 1.30. The number of carbonyl (C=O) groups excluding carboxylic acids is 1. The summed E-state index contributed by atoms with van der Waals surface area (Å²) in [6.07, 6.45) is 1.45. The van der Waals surface area contributed by atoms with Crippen LogP contribution in [-0.4, -0.2) is 18.2 Å². The molecule has 14 heavy (non-hydrogen) atoms. The van der Waals surface area contributed by atoms with Crippen molar-refractivity contribution in [3.05, 3.63) is 30.0 Å². The number of rotatable bonds is 1. The van der Waals surface area contributed by atoms with Crippen LogP contribution in [0.2, 0.25) is 0 Å². The largest absolute Gasteiger partial charge is 0.506 e. The second-order valence-corrected chi connectivity index (χ2v) is 2.79. The lowest BCUT2D eigenvalue weighted by Crippen LogP contribution is -2.01. The van der Waals surface area contributed by atoms with Crippen LogP contribution >= 0.6 is 0 Å². The molecular weight excluding hydrogens is 184 g/mol. The Morgan fingerprint density at radius 1 is 1.43 bits per heavy atom. The van der Waals surface area contributed by atoms with Crippen LogP contribution in [-0.2, 0) is 4.74 Å². The van der Waals surface area contributed by atoms with Crippen molar-refractivity contribution in [2.24, 2.45) is 0 Å². The summed E-state index contributed by atoms with van der Waals surface area (Å²) in [5, 5.41) is 10.2. The lowest BCUT2D eigenvalue weighted by molar-refractivity contribution is 0.0598. The van der Waals surface area contributed by atoms with Gasteiger partial charge in [0, 0.05) is 0 Å². The van der Waals surface area contributed by atoms with E-state index in [2.05, 4.69) is 4.74 Å². The van der Waals surface area contributed by atoms with E-state index in [1.165, 1.54) is 19.4 Å². The van der Waals surface area contributed by atoms with Crippen LogP contribution in [0.4, 0.5) is 0 Å². The van der Waals surface area contributed by atoms with Gasteiger partial charge in [-0.1, -0.05) is 0 Å². The summed E-state index contributed by atoms with van der Waals surface area (Å²) in [6.45, 7) is 0. The normalized spacial score (nSPS) is 10.4. The molecule has 1 aromatic heterocycles. The molecule has 0 amide bonds. The third-order valence-electron chi connectivity index (χ3n) is 2.01. The highest BCUT2D eigenvalue weighted by Crippen LogP contribution is 2.29. The molecule has 1 heterocycles. The highest BCUT2D eigenvalue weighted by Gasteiger charge is 2.14. The molecule has 0 aliphatic rings. The number of furan rings is 1. The third kappa shape index (κ3) is 1.12. The molecule has 0 unspecified atom stereocenters. The summed E-state index contributed by atoms with van der Waals surface area (Å²) in [4.78, 5) is 11.2. The smallest absolute Gasteiger partial charge is 0.341 e. The van der Waals surface area contributed by atoms with Gasteiger partial charge in [-0.15, -0.1) is 0 Å². The van der Waals surface area contributed by atoms with Crippen molar-refractivity contribution in [3.63, 3.8) is 0 Å². The molecule has 0 saturated carbocycles. The number of benzene rings is 1. The lowest BCUT2D eigenvalue weighted by atomic mass is 10.1. The minimum absolute atomic E-state index is 0.108. The van der Waals surface area contributed by atoms with Crippen molar-refractivity contribution in [1.29, 1.82) is 0 Å². The van der Waals surface area contributed by atoms with Crippen molar-refractivity contribution >= 4 is 16.9 Å². The number of esters is 1. The maximum atomic E-state index is 11.2. The van der Waals surface area contributed by atoms with Crippen LogP contribution in [0.3, 0.4) is 0 Å². The molecule has 72 valence electrons. The minimum Gasteiger partial charge on any atom is -0.506 e. The van der Waals surface area contributed by atoms with Gasteiger partial charge in [0.2, 0.25) is 0 Å². The van der Waals surface area contributed by atoms with Gasteiger partial charge in [0.25, 0.3) is 0 Å². The van der Waals surface area contributed by atoms with Gasteiger partial charge >= 0.3 is 5.97 Å². The summed E-state index contributed by atoms with van der Waals surface area (Å²) in [5.41, 5.74) is 0.677. The van der Waals surface area contributed by atoms with Crippen molar-refractivity contribution in [1.82, 2.24) is 0 Å². The quantitative estimate of drug-likeness (QED) is 0.701. The minimum atomic E-state index is -0.564. The number of ether oxygens (including phenoxy) is 1. The molecule has 0 radical (unpaired) electrons. The number of methoxy groups -OCH3 is 1. The fraction of sp³-hybridized carbons (Fsp3) is 0.100. The SMILES string of the molecule is COC(=O)c1ccc2occc2c1O. The van der Waals surface area contributed by atoms with Crippen LogP contribution in [0.5, 0.6) is 5.75 Å². The molecule has 0 aliphatic heterocycles. The Morgan fingerprint density at radius 3 is 2.93 bits per heavy atom. The van der Waals surface area contributed by atoms with E-state index in [1.807, 2.05) is 0 Å². The zero-order chi connectivity index (χ0) is 10.1. The summed E-state index contributed by atoms with van der Waals surface area (Å²) < 4.78 is 9.57. The monoisotopic (exact) mass is 192 g/mol. The Hall–Kier alpha value is -1.97. The Labute approximate surface area is 79.7 Å². The van der Waals surface area contributed by atoms with Gasteiger partial charge in [-0.3, -0.25) is 0 Å². The van der Waals surface area contributed by atoms with Gasteiger partial charge in [0.15, 0.2) is 0 Å². The van der Waals surface area contributed by atoms with E-state index < -0.39 is 5.97 Å². The van der Waals surface area contributed by atoms with Gasteiger partial charge in [-0.2, -0.15) is 0 Å². The lowest BCUT2D eigenvalue weighted by Gasteiger charge is -2.02. The predicted octanol–water partition coefficient (Wildman–Crippen LogP) is 1.93. The van der Waals surface area contributed by atoms with E-state index in [9.17, 15) is 9.90 Å². The third-order valence-corrected chi connectivity index (χ3v) is 2.01. The standard InChI is InChI=1S/C10H8O4/c1-13-10(12)7-2-3-8-6(9(7)11)4-5-14-8/h2-5,11H,1H3. The first-order chi connectivity index (χ1) is 6.74. The van der Waals surface area contributed by atoms with Crippen molar-refractivity contribution in [2.45, 2.75) is 0 Å². The van der Waals surface area contributed by atoms with E-state index in [0.717, 1.165) is 0 Å². The molecule has 0 aliphatic carbocycles. The van der Waals surface area contributed by atoms with E-state index in [-0.39, 0.29) is 11.3 Å². The number of phenols is 1. The molecule has 0 atom stereocenters. The molecule has 4 nitrogen and oxygen atoms in total. The van der Waals surface area contributed by atoms with Crippen molar-refractivity contribution < 1.29 is 19.1 Å². The molecule has 1 N–H and O–H groups in total. The molecule has 0 saturated heterocycles. The van der Waals surface area contributed by atoms with Crippen molar-refractivity contribution in [3.8, 4) is 5.75 Å². The summed E-state index contributed by atoms with van der Waals surface area (Å²) in [6, 6.07) is 4.67. The fourth-order valence-electron chi connectivity index (χ4n) is 1.30. The summed E-state index contributed by atoms with van der Waals surface area (Å²) >= 11 is 0.